The molecule has 111 heavy (non-hydrogen) atoms. The maximum Gasteiger partial charge on any atom is 0.212 e. The highest BCUT2D eigenvalue weighted by molar-refractivity contribution is 6.23. The van der Waals surface area contributed by atoms with E-state index in [0.29, 0.717) is 11.1 Å². The molecule has 0 bridgehead atoms. The molecule has 8 aromatic heterocycles. The first-order chi connectivity index (χ1) is 56.5. The lowest BCUT2D eigenvalue weighted by atomic mass is 9.94. The van der Waals surface area contributed by atoms with Crippen LogP contribution in [0.25, 0.3) is 176 Å². The molecular weight excluding hydrogens is 1360 g/mol. The molecule has 1 aliphatic rings. The van der Waals surface area contributed by atoms with Crippen molar-refractivity contribution in [2.75, 3.05) is 0 Å². The van der Waals surface area contributed by atoms with Crippen LogP contribution in [0.3, 0.4) is 0 Å². The molecule has 1 saturated carbocycles. The number of benzene rings is 12. The molecule has 8 heteroatoms. The van der Waals surface area contributed by atoms with E-state index in [1.807, 2.05) is 91.1 Å². The molecule has 12 aromatic carbocycles. The summed E-state index contributed by atoms with van der Waals surface area (Å²) in [4.78, 5) is 0. The van der Waals surface area contributed by atoms with E-state index >= 15 is 0 Å². The van der Waals surface area contributed by atoms with Crippen molar-refractivity contribution in [1.29, 1.82) is 0 Å². The topological polar surface area (TPSA) is 68.1 Å². The van der Waals surface area contributed by atoms with Crippen molar-refractivity contribution in [3.05, 3.63) is 312 Å². The van der Waals surface area contributed by atoms with Crippen molar-refractivity contribution in [3.63, 3.8) is 0 Å². The number of aromatic nitrogens is 4. The Hall–Kier alpha value is -12.5. The van der Waals surface area contributed by atoms with Gasteiger partial charge in [-0.2, -0.15) is 0 Å². The Morgan fingerprint density at radius 3 is 1.08 bits per heavy atom. The van der Waals surface area contributed by atoms with Crippen LogP contribution < -0.4 is 18.3 Å². The van der Waals surface area contributed by atoms with E-state index in [4.69, 9.17) is 27.3 Å². The molecule has 0 spiro atoms. The monoisotopic (exact) mass is 1460 g/mol. The van der Waals surface area contributed by atoms with Crippen LogP contribution in [0.2, 0.25) is 0 Å². The first-order valence-corrected chi connectivity index (χ1v) is 38.4. The zero-order valence-electron chi connectivity index (χ0n) is 71.7. The SMILES string of the molecule is Cc1cc[n+](C)c(-c2cc3c(cc2C)oc2ccc4ccccc4c23)c1.[2H]C([2H])(C)c1cc[n+](C)c(-c2cc3c(cc2C)oc2ccc4ccccc4c23)c1.[2H]C([2H])([2H])C([2H])(C)c1cc[n+](C)c(-c2cc3c(cc2C)oc2ccc4ccccc4c23)c1.[2H]C1(c2cc[n+](C)c(-c3cc4c(cc3C)oc3ccc5ccccc5c34)c2)CCCC1. The van der Waals surface area contributed by atoms with Gasteiger partial charge >= 0.3 is 0 Å². The van der Waals surface area contributed by atoms with Crippen LogP contribution in [-0.4, -0.2) is 0 Å². The number of nitrogens with zero attached hydrogens (tertiary/aromatic N) is 4. The molecule has 8 heterocycles. The average molecular weight is 1460 g/mol. The Morgan fingerprint density at radius 1 is 0.369 bits per heavy atom. The van der Waals surface area contributed by atoms with E-state index in [0.717, 1.165) is 153 Å². The molecule has 1 aliphatic carbocycles. The normalized spacial score (nSPS) is 14.6. The molecule has 0 aliphatic heterocycles. The van der Waals surface area contributed by atoms with Gasteiger partial charge in [0.25, 0.3) is 0 Å². The lowest BCUT2D eigenvalue weighted by molar-refractivity contribution is -0.660. The number of pyridine rings is 4. The number of fused-ring (bicyclic) bond motifs is 20. The summed E-state index contributed by atoms with van der Waals surface area (Å²) in [5.74, 6) is -2.15. The highest BCUT2D eigenvalue weighted by Crippen LogP contribution is 2.44. The van der Waals surface area contributed by atoms with Gasteiger partial charge in [-0.3, -0.25) is 0 Å². The van der Waals surface area contributed by atoms with Gasteiger partial charge in [0, 0.05) is 123 Å². The number of rotatable bonds is 7. The lowest BCUT2D eigenvalue weighted by Gasteiger charge is -2.11. The van der Waals surface area contributed by atoms with Crippen LogP contribution >= 0.6 is 0 Å². The zero-order chi connectivity index (χ0) is 82.2. The Kier molecular flexibility index (Phi) is 16.0. The molecule has 0 radical (unpaired) electrons. The summed E-state index contributed by atoms with van der Waals surface area (Å²) in [5.41, 5.74) is 24.0. The second kappa shape index (κ2) is 28.5. The van der Waals surface area contributed by atoms with Gasteiger partial charge in [-0.15, -0.1) is 0 Å². The quantitative estimate of drug-likeness (QED) is 0.149. The standard InChI is InChI=1S/C28H26NO.C26H24NO.C25H22NO.C24H20NO/c1-18-15-27-24(28-22-10-6-5-9-20(22)11-12-26(28)30-27)17-23(18)25-16-21(13-14-29(25)2)19-7-3-4-8-19;1-16(2)19-11-12-27(4)23(14-19)21-15-22-25(13-17(21)3)28-24-10-9-18-7-5-6-8-20(18)26(22)24;1-4-17-11-12-26(3)22(14-17)20-15-21-24(13-16(20)2)27-23-10-9-18-7-5-6-8-19(18)25(21)23;1-15-10-11-25(3)21(12-15)19-14-20-23(13-16(19)2)26-22-9-8-17-6-4-5-7-18(17)24(20)22/h5-6,9-17,19H,3-4,7-8H2,1-2H3;5-16H,1-4H3;5-15H,4H2,1-3H3;4-14H,1-3H3/q4*+1/i19D;1D3,16D;4D2;. The maximum absolute atomic E-state index is 8.99. The molecule has 1 unspecified atom stereocenters. The molecule has 21 rings (SSSR count). The fourth-order valence-corrected chi connectivity index (χ4v) is 17.0. The van der Waals surface area contributed by atoms with Crippen LogP contribution in [0, 0.1) is 34.6 Å². The largest absolute Gasteiger partial charge is 0.456 e. The van der Waals surface area contributed by atoms with Gasteiger partial charge in [0.05, 0.1) is 0 Å². The van der Waals surface area contributed by atoms with Crippen LogP contribution in [0.1, 0.15) is 112 Å². The molecule has 8 nitrogen and oxygen atoms in total. The molecule has 0 amide bonds. The van der Waals surface area contributed by atoms with Gasteiger partial charge in [-0.05, 0) is 226 Å². The van der Waals surface area contributed by atoms with Crippen molar-refractivity contribution in [1.82, 2.24) is 0 Å². The third-order valence-electron chi connectivity index (χ3n) is 23.0. The summed E-state index contributed by atoms with van der Waals surface area (Å²) in [7, 11) is 8.12. The highest BCUT2D eigenvalue weighted by atomic mass is 16.3. The van der Waals surface area contributed by atoms with Gasteiger partial charge in [0.15, 0.2) is 24.8 Å². The van der Waals surface area contributed by atoms with E-state index < -0.39 is 25.0 Å². The summed E-state index contributed by atoms with van der Waals surface area (Å²) in [6.45, 7) is 11.2. The molecule has 0 saturated heterocycles. The Morgan fingerprint density at radius 2 is 0.703 bits per heavy atom. The summed E-state index contributed by atoms with van der Waals surface area (Å²) in [6, 6.07) is 83.7. The third kappa shape index (κ3) is 12.7. The van der Waals surface area contributed by atoms with Crippen molar-refractivity contribution in [2.24, 2.45) is 28.2 Å². The van der Waals surface area contributed by atoms with Gasteiger partial charge in [0.1, 0.15) is 72.9 Å². The Bertz CT molecular complexity index is 7480. The number of hydrogen-bond donors (Lipinski definition) is 0. The van der Waals surface area contributed by atoms with E-state index in [-0.39, 0.29) is 0 Å². The van der Waals surface area contributed by atoms with Gasteiger partial charge < -0.3 is 17.7 Å². The summed E-state index contributed by atoms with van der Waals surface area (Å²) >= 11 is 0. The van der Waals surface area contributed by atoms with Crippen LogP contribution in [0.4, 0.5) is 0 Å². The van der Waals surface area contributed by atoms with E-state index in [9.17, 15) is 0 Å². The van der Waals surface area contributed by atoms with E-state index in [1.54, 1.807) is 13.0 Å². The predicted octanol–water partition coefficient (Wildman–Crippen LogP) is 25.8. The number of furan rings is 4. The van der Waals surface area contributed by atoms with E-state index in [2.05, 4.69) is 251 Å². The smallest absolute Gasteiger partial charge is 0.212 e. The van der Waals surface area contributed by atoms with Crippen LogP contribution in [-0.2, 0) is 34.6 Å². The summed E-state index contributed by atoms with van der Waals surface area (Å²) in [6.07, 6.45) is 10.8. The number of aryl methyl sites for hydroxylation is 10. The van der Waals surface area contributed by atoms with Gasteiger partial charge in [0.2, 0.25) is 22.8 Å². The molecule has 0 N–H and O–H groups in total. The predicted molar refractivity (Wildman–Crippen MR) is 460 cm³/mol. The van der Waals surface area contributed by atoms with Crippen molar-refractivity contribution >= 4 is 131 Å². The number of hydrogen-bond acceptors (Lipinski definition) is 4. The second-order valence-corrected chi connectivity index (χ2v) is 30.3. The molecule has 20 aromatic rings. The molecular formula is C103H92N4O4+4. The summed E-state index contributed by atoms with van der Waals surface area (Å²) < 4.78 is 90.3. The fraction of sp³-hybridized carbons (Fsp3) is 0.184. The maximum atomic E-state index is 8.99. The molecule has 1 atom stereocenters. The van der Waals surface area contributed by atoms with Crippen molar-refractivity contribution in [2.45, 2.75) is 99.2 Å². The highest BCUT2D eigenvalue weighted by Gasteiger charge is 2.26. The summed E-state index contributed by atoms with van der Waals surface area (Å²) in [5, 5.41) is 18.6. The second-order valence-electron chi connectivity index (χ2n) is 30.3. The van der Waals surface area contributed by atoms with Gasteiger partial charge in [-0.1, -0.05) is 155 Å². The van der Waals surface area contributed by atoms with Gasteiger partial charge in [-0.25, -0.2) is 18.3 Å². The molecule has 1 fully saturated rings. The van der Waals surface area contributed by atoms with Crippen molar-refractivity contribution < 1.29 is 45.5 Å². The average Bonchev–Trinajstić information content (AvgIpc) is 1.60. The van der Waals surface area contributed by atoms with Crippen LogP contribution in [0.15, 0.2) is 285 Å². The fourth-order valence-electron chi connectivity index (χ4n) is 17.0. The first kappa shape index (κ1) is 62.4. The minimum absolute atomic E-state index is 0.445. The van der Waals surface area contributed by atoms with E-state index in [1.165, 1.54) is 88.9 Å². The lowest BCUT2D eigenvalue weighted by Crippen LogP contribution is -2.31. The molecule has 544 valence electrons. The third-order valence-corrected chi connectivity index (χ3v) is 23.0. The Balaban J connectivity index is 0.000000109. The first-order valence-electron chi connectivity index (χ1n) is 41.9. The minimum Gasteiger partial charge on any atom is -0.456 e. The zero-order valence-corrected chi connectivity index (χ0v) is 64.7. The van der Waals surface area contributed by atoms with Crippen LogP contribution in [0.5, 0.6) is 0 Å². The Labute approximate surface area is 657 Å². The minimum atomic E-state index is -2.43. The van der Waals surface area contributed by atoms with Crippen molar-refractivity contribution in [3.8, 4) is 45.0 Å².